The zero-order chi connectivity index (χ0) is 12.1. The van der Waals surface area contributed by atoms with Gasteiger partial charge in [-0.2, -0.15) is 0 Å². The third-order valence-electron chi connectivity index (χ3n) is 1.89. The summed E-state index contributed by atoms with van der Waals surface area (Å²) in [5, 5.41) is 20.6. The second-order valence-electron chi connectivity index (χ2n) is 3.18. The first kappa shape index (κ1) is 13.7. The third-order valence-corrected chi connectivity index (χ3v) is 3.46. The molecule has 0 aromatic heterocycles. The first-order valence-electron chi connectivity index (χ1n) is 4.56. The van der Waals surface area contributed by atoms with Crippen molar-refractivity contribution in [2.75, 3.05) is 13.2 Å². The second kappa shape index (κ2) is 6.39. The average Bonchev–Trinajstić information content (AvgIpc) is 2.29. The Balaban J connectivity index is 2.63. The molecule has 0 spiro atoms. The van der Waals surface area contributed by atoms with E-state index in [0.29, 0.717) is 10.6 Å². The van der Waals surface area contributed by atoms with Gasteiger partial charge in [-0.05, 0) is 40.8 Å². The Bertz CT molecular complexity index is 386. The standard InChI is InChI=1S/C10H11ClINO3/c11-8-3-6(1-2-9(8)12)10(16)13-4-7(15)5-14/h1-3,7,14-15H,4-5H2,(H,13,16). The number of benzene rings is 1. The monoisotopic (exact) mass is 355 g/mol. The molecule has 3 N–H and O–H groups in total. The topological polar surface area (TPSA) is 69.6 Å². The van der Waals surface area contributed by atoms with Gasteiger partial charge < -0.3 is 15.5 Å². The van der Waals surface area contributed by atoms with Gasteiger partial charge in [0.2, 0.25) is 0 Å². The van der Waals surface area contributed by atoms with Gasteiger partial charge in [-0.15, -0.1) is 0 Å². The van der Waals surface area contributed by atoms with Crippen molar-refractivity contribution in [3.63, 3.8) is 0 Å². The third kappa shape index (κ3) is 3.89. The van der Waals surface area contributed by atoms with Crippen LogP contribution in [0.2, 0.25) is 5.02 Å². The Morgan fingerprint density at radius 1 is 1.56 bits per heavy atom. The van der Waals surface area contributed by atoms with Crippen LogP contribution >= 0.6 is 34.2 Å². The molecule has 0 saturated carbocycles. The highest BCUT2D eigenvalue weighted by molar-refractivity contribution is 14.1. The van der Waals surface area contributed by atoms with Crippen LogP contribution in [0.4, 0.5) is 0 Å². The van der Waals surface area contributed by atoms with Crippen molar-refractivity contribution in [3.8, 4) is 0 Å². The molecule has 0 radical (unpaired) electrons. The summed E-state index contributed by atoms with van der Waals surface area (Å²) in [6, 6.07) is 4.94. The molecule has 1 unspecified atom stereocenters. The number of rotatable bonds is 4. The summed E-state index contributed by atoms with van der Waals surface area (Å²) < 4.78 is 0.867. The Labute approximate surface area is 112 Å². The maximum absolute atomic E-state index is 11.6. The Kier molecular flexibility index (Phi) is 5.47. The predicted octanol–water partition coefficient (Wildman–Crippen LogP) is 1.03. The van der Waals surface area contributed by atoms with Crippen LogP contribution in [0.25, 0.3) is 0 Å². The van der Waals surface area contributed by atoms with Gasteiger partial charge in [0.05, 0.1) is 17.7 Å². The zero-order valence-corrected chi connectivity index (χ0v) is 11.2. The fraction of sp³-hybridized carbons (Fsp3) is 0.300. The van der Waals surface area contributed by atoms with Gasteiger partial charge in [-0.3, -0.25) is 4.79 Å². The number of amides is 1. The SMILES string of the molecule is O=C(NCC(O)CO)c1ccc(I)c(Cl)c1. The smallest absolute Gasteiger partial charge is 0.251 e. The summed E-state index contributed by atoms with van der Waals surface area (Å²) in [7, 11) is 0. The molecule has 0 saturated heterocycles. The van der Waals surface area contributed by atoms with E-state index in [1.54, 1.807) is 18.2 Å². The van der Waals surface area contributed by atoms with Gasteiger partial charge in [0, 0.05) is 15.7 Å². The number of hydrogen-bond acceptors (Lipinski definition) is 3. The van der Waals surface area contributed by atoms with Crippen molar-refractivity contribution in [2.45, 2.75) is 6.10 Å². The number of aliphatic hydroxyl groups excluding tert-OH is 2. The van der Waals surface area contributed by atoms with E-state index in [2.05, 4.69) is 27.9 Å². The summed E-state index contributed by atoms with van der Waals surface area (Å²) in [5.74, 6) is -0.328. The van der Waals surface area contributed by atoms with E-state index in [0.717, 1.165) is 3.57 Å². The molecule has 1 aromatic carbocycles. The van der Waals surface area contributed by atoms with Crippen molar-refractivity contribution in [1.82, 2.24) is 5.32 Å². The van der Waals surface area contributed by atoms with Crippen LogP contribution in [0, 0.1) is 3.57 Å². The van der Waals surface area contributed by atoms with Gasteiger partial charge >= 0.3 is 0 Å². The lowest BCUT2D eigenvalue weighted by molar-refractivity contribution is 0.0802. The van der Waals surface area contributed by atoms with Crippen molar-refractivity contribution < 1.29 is 15.0 Å². The lowest BCUT2D eigenvalue weighted by Gasteiger charge is -2.09. The molecule has 0 fully saturated rings. The van der Waals surface area contributed by atoms with Crippen molar-refractivity contribution >= 4 is 40.1 Å². The highest BCUT2D eigenvalue weighted by Crippen LogP contribution is 2.19. The normalized spacial score (nSPS) is 12.2. The Morgan fingerprint density at radius 3 is 2.81 bits per heavy atom. The molecule has 16 heavy (non-hydrogen) atoms. The van der Waals surface area contributed by atoms with Gasteiger partial charge in [0.1, 0.15) is 0 Å². The number of aliphatic hydroxyl groups is 2. The summed E-state index contributed by atoms with van der Waals surface area (Å²) in [5.41, 5.74) is 0.426. The van der Waals surface area contributed by atoms with E-state index in [1.165, 1.54) is 0 Å². The van der Waals surface area contributed by atoms with Crippen LogP contribution in [0.1, 0.15) is 10.4 Å². The summed E-state index contributed by atoms with van der Waals surface area (Å²) in [6.07, 6.45) is -0.941. The maximum atomic E-state index is 11.6. The van der Waals surface area contributed by atoms with Gasteiger partial charge in [-0.1, -0.05) is 11.6 Å². The number of carbonyl (C=O) groups is 1. The molecule has 1 rings (SSSR count). The van der Waals surface area contributed by atoms with Crippen LogP contribution in [-0.4, -0.2) is 35.4 Å². The van der Waals surface area contributed by atoms with E-state index in [4.69, 9.17) is 21.8 Å². The van der Waals surface area contributed by atoms with Crippen molar-refractivity contribution in [1.29, 1.82) is 0 Å². The first-order chi connectivity index (χ1) is 7.54. The van der Waals surface area contributed by atoms with Gasteiger partial charge in [0.15, 0.2) is 0 Å². The fourth-order valence-corrected chi connectivity index (χ4v) is 1.53. The Hall–Kier alpha value is -0.370. The lowest BCUT2D eigenvalue weighted by atomic mass is 10.2. The van der Waals surface area contributed by atoms with Crippen LogP contribution in [0.3, 0.4) is 0 Å². The van der Waals surface area contributed by atoms with Crippen LogP contribution in [-0.2, 0) is 0 Å². The molecule has 1 amide bonds. The average molecular weight is 356 g/mol. The lowest BCUT2D eigenvalue weighted by Crippen LogP contribution is -2.33. The quantitative estimate of drug-likeness (QED) is 0.707. The van der Waals surface area contributed by atoms with Gasteiger partial charge in [0.25, 0.3) is 5.91 Å². The highest BCUT2D eigenvalue weighted by atomic mass is 127. The number of nitrogens with one attached hydrogen (secondary N) is 1. The minimum atomic E-state index is -0.941. The molecule has 0 aliphatic rings. The van der Waals surface area contributed by atoms with E-state index in [1.807, 2.05) is 0 Å². The zero-order valence-electron chi connectivity index (χ0n) is 8.28. The summed E-state index contributed by atoms with van der Waals surface area (Å²) in [4.78, 5) is 11.6. The van der Waals surface area contributed by atoms with Crippen LogP contribution in [0.5, 0.6) is 0 Å². The largest absolute Gasteiger partial charge is 0.394 e. The number of halogens is 2. The van der Waals surface area contributed by atoms with E-state index in [9.17, 15) is 4.79 Å². The molecule has 6 heteroatoms. The summed E-state index contributed by atoms with van der Waals surface area (Å²) in [6.45, 7) is -0.368. The molecule has 1 aromatic rings. The molecular formula is C10H11ClINO3. The molecule has 0 bridgehead atoms. The second-order valence-corrected chi connectivity index (χ2v) is 4.74. The number of hydrogen-bond donors (Lipinski definition) is 3. The molecule has 0 aliphatic carbocycles. The van der Waals surface area contributed by atoms with Gasteiger partial charge in [-0.25, -0.2) is 0 Å². The van der Waals surface area contributed by atoms with E-state index < -0.39 is 6.10 Å². The predicted molar refractivity (Wildman–Crippen MR) is 69.6 cm³/mol. The molecule has 4 nitrogen and oxygen atoms in total. The molecular weight excluding hydrogens is 344 g/mol. The molecule has 0 heterocycles. The van der Waals surface area contributed by atoms with Crippen molar-refractivity contribution in [2.24, 2.45) is 0 Å². The minimum absolute atomic E-state index is 0.0128. The summed E-state index contributed by atoms with van der Waals surface area (Å²) >= 11 is 7.94. The Morgan fingerprint density at radius 2 is 2.25 bits per heavy atom. The van der Waals surface area contributed by atoms with Crippen LogP contribution < -0.4 is 5.32 Å². The molecule has 1 atom stereocenters. The number of carbonyl (C=O) groups excluding carboxylic acids is 1. The maximum Gasteiger partial charge on any atom is 0.251 e. The van der Waals surface area contributed by atoms with Crippen LogP contribution in [0.15, 0.2) is 18.2 Å². The van der Waals surface area contributed by atoms with Crippen molar-refractivity contribution in [3.05, 3.63) is 32.4 Å². The minimum Gasteiger partial charge on any atom is -0.394 e. The molecule has 0 aliphatic heterocycles. The van der Waals surface area contributed by atoms with E-state index in [-0.39, 0.29) is 19.1 Å². The molecule has 88 valence electrons. The first-order valence-corrected chi connectivity index (χ1v) is 6.02. The fourth-order valence-electron chi connectivity index (χ4n) is 1.01. The van der Waals surface area contributed by atoms with E-state index >= 15 is 0 Å². The highest BCUT2D eigenvalue weighted by Gasteiger charge is 2.09.